The predicted octanol–water partition coefficient (Wildman–Crippen LogP) is 3.05. The van der Waals surface area contributed by atoms with Crippen LogP contribution in [0.25, 0.3) is 10.7 Å². The van der Waals surface area contributed by atoms with E-state index in [9.17, 15) is 4.79 Å². The van der Waals surface area contributed by atoms with Crippen LogP contribution in [0.4, 0.5) is 0 Å². The number of nitrogens with one attached hydrogen (secondary N) is 1. The summed E-state index contributed by atoms with van der Waals surface area (Å²) in [6.45, 7) is 3.99. The fourth-order valence-electron chi connectivity index (χ4n) is 1.88. The Labute approximate surface area is 110 Å². The molecule has 96 valence electrons. The van der Waals surface area contributed by atoms with Gasteiger partial charge in [-0.2, -0.15) is 0 Å². The maximum Gasteiger partial charge on any atom is 0.315 e. The minimum atomic E-state index is -0.296. The van der Waals surface area contributed by atoms with Crippen LogP contribution in [-0.4, -0.2) is 23.0 Å². The number of hydrogen-bond acceptors (Lipinski definition) is 4. The number of hydrogen-bond donors (Lipinski definition) is 1. The van der Waals surface area contributed by atoms with Crippen molar-refractivity contribution in [3.63, 3.8) is 0 Å². The summed E-state index contributed by atoms with van der Waals surface area (Å²) < 4.78 is 4.85. The maximum absolute atomic E-state index is 11.8. The summed E-state index contributed by atoms with van der Waals surface area (Å²) in [6.07, 6.45) is 1.86. The molecule has 0 bridgehead atoms. The number of thiazole rings is 1. The number of esters is 1. The van der Waals surface area contributed by atoms with Gasteiger partial charge in [0, 0.05) is 11.6 Å². The molecule has 0 saturated heterocycles. The number of carbonyl (C=O) groups is 1. The standard InChI is InChI=1S/C13H16N2O2S/c1-8(2)11(13(16)17-3)10-7-18-12(15-10)9-5-4-6-14-9/h4-8,11,14H,1-3H3. The van der Waals surface area contributed by atoms with E-state index in [-0.39, 0.29) is 17.8 Å². The third-order valence-corrected chi connectivity index (χ3v) is 3.68. The van der Waals surface area contributed by atoms with Crippen LogP contribution in [0.15, 0.2) is 23.7 Å². The fraction of sp³-hybridized carbons (Fsp3) is 0.385. The van der Waals surface area contributed by atoms with E-state index in [0.29, 0.717) is 0 Å². The van der Waals surface area contributed by atoms with Crippen molar-refractivity contribution in [2.45, 2.75) is 19.8 Å². The van der Waals surface area contributed by atoms with Crippen molar-refractivity contribution in [3.05, 3.63) is 29.4 Å². The largest absolute Gasteiger partial charge is 0.468 e. The lowest BCUT2D eigenvalue weighted by atomic mass is 9.93. The van der Waals surface area contributed by atoms with Gasteiger partial charge >= 0.3 is 5.97 Å². The smallest absolute Gasteiger partial charge is 0.315 e. The third kappa shape index (κ3) is 2.46. The van der Waals surface area contributed by atoms with Crippen LogP contribution in [0.5, 0.6) is 0 Å². The highest BCUT2D eigenvalue weighted by Crippen LogP contribution is 2.30. The van der Waals surface area contributed by atoms with Gasteiger partial charge in [-0.15, -0.1) is 11.3 Å². The van der Waals surface area contributed by atoms with Crippen LogP contribution in [0.1, 0.15) is 25.5 Å². The summed E-state index contributed by atoms with van der Waals surface area (Å²) in [7, 11) is 1.41. The first-order chi connectivity index (χ1) is 8.63. The summed E-state index contributed by atoms with van der Waals surface area (Å²) in [5, 5.41) is 2.82. The van der Waals surface area contributed by atoms with Crippen LogP contribution >= 0.6 is 11.3 Å². The van der Waals surface area contributed by atoms with Crippen LogP contribution in [0.2, 0.25) is 0 Å². The van der Waals surface area contributed by atoms with E-state index in [0.717, 1.165) is 16.4 Å². The zero-order valence-corrected chi connectivity index (χ0v) is 11.5. The van der Waals surface area contributed by atoms with Crippen molar-refractivity contribution in [2.24, 2.45) is 5.92 Å². The van der Waals surface area contributed by atoms with Crippen molar-refractivity contribution in [3.8, 4) is 10.7 Å². The van der Waals surface area contributed by atoms with E-state index >= 15 is 0 Å². The Hall–Kier alpha value is -1.62. The highest BCUT2D eigenvalue weighted by molar-refractivity contribution is 7.13. The van der Waals surface area contributed by atoms with E-state index in [1.165, 1.54) is 18.4 Å². The van der Waals surface area contributed by atoms with Crippen molar-refractivity contribution in [1.82, 2.24) is 9.97 Å². The lowest BCUT2D eigenvalue weighted by Gasteiger charge is -2.15. The second-order valence-corrected chi connectivity index (χ2v) is 5.26. The van der Waals surface area contributed by atoms with Crippen molar-refractivity contribution in [2.75, 3.05) is 7.11 Å². The lowest BCUT2D eigenvalue weighted by Crippen LogP contribution is -2.19. The number of aromatic nitrogens is 2. The average molecular weight is 264 g/mol. The second kappa shape index (κ2) is 5.35. The molecule has 0 saturated carbocycles. The molecule has 2 aromatic rings. The lowest BCUT2D eigenvalue weighted by molar-refractivity contribution is -0.143. The Balaban J connectivity index is 2.30. The quantitative estimate of drug-likeness (QED) is 0.863. The molecule has 0 amide bonds. The first kappa shape index (κ1) is 12.8. The van der Waals surface area contributed by atoms with Gasteiger partial charge in [0.15, 0.2) is 0 Å². The Morgan fingerprint density at radius 2 is 2.28 bits per heavy atom. The molecule has 2 heterocycles. The topological polar surface area (TPSA) is 55.0 Å². The minimum Gasteiger partial charge on any atom is -0.468 e. The van der Waals surface area contributed by atoms with E-state index in [4.69, 9.17) is 4.74 Å². The van der Waals surface area contributed by atoms with Crippen LogP contribution in [0, 0.1) is 5.92 Å². The number of ether oxygens (including phenoxy) is 1. The number of aromatic amines is 1. The Morgan fingerprint density at radius 3 is 2.83 bits per heavy atom. The monoisotopic (exact) mass is 264 g/mol. The third-order valence-electron chi connectivity index (χ3n) is 2.79. The fourth-order valence-corrected chi connectivity index (χ4v) is 2.72. The summed E-state index contributed by atoms with van der Waals surface area (Å²) in [4.78, 5) is 19.4. The number of carbonyl (C=O) groups excluding carboxylic acids is 1. The molecular formula is C13H16N2O2S. The minimum absolute atomic E-state index is 0.163. The molecule has 2 rings (SSSR count). The molecule has 0 aromatic carbocycles. The van der Waals surface area contributed by atoms with E-state index in [1.54, 1.807) is 0 Å². The molecule has 0 aliphatic rings. The number of rotatable bonds is 4. The summed E-state index contributed by atoms with van der Waals surface area (Å²) in [6, 6.07) is 3.89. The average Bonchev–Trinajstić information content (AvgIpc) is 2.98. The highest BCUT2D eigenvalue weighted by atomic mass is 32.1. The number of methoxy groups -OCH3 is 1. The molecule has 1 unspecified atom stereocenters. The Morgan fingerprint density at radius 1 is 1.50 bits per heavy atom. The van der Waals surface area contributed by atoms with Crippen molar-refractivity contribution < 1.29 is 9.53 Å². The number of nitrogens with zero attached hydrogens (tertiary/aromatic N) is 1. The normalized spacial score (nSPS) is 12.7. The van der Waals surface area contributed by atoms with Gasteiger partial charge in [0.05, 0.1) is 18.5 Å². The van der Waals surface area contributed by atoms with Crippen LogP contribution in [-0.2, 0) is 9.53 Å². The van der Waals surface area contributed by atoms with E-state index in [1.807, 2.05) is 37.6 Å². The van der Waals surface area contributed by atoms with Gasteiger partial charge in [-0.3, -0.25) is 4.79 Å². The zero-order chi connectivity index (χ0) is 13.1. The highest BCUT2D eigenvalue weighted by Gasteiger charge is 2.27. The number of H-pyrrole nitrogens is 1. The molecule has 1 N–H and O–H groups in total. The van der Waals surface area contributed by atoms with E-state index in [2.05, 4.69) is 9.97 Å². The van der Waals surface area contributed by atoms with Gasteiger partial charge in [-0.05, 0) is 18.1 Å². The molecule has 0 fully saturated rings. The second-order valence-electron chi connectivity index (χ2n) is 4.41. The molecule has 0 aliphatic carbocycles. The first-order valence-electron chi connectivity index (χ1n) is 5.80. The van der Waals surface area contributed by atoms with Gasteiger partial charge < -0.3 is 9.72 Å². The van der Waals surface area contributed by atoms with Gasteiger partial charge in [-0.25, -0.2) is 4.98 Å². The zero-order valence-electron chi connectivity index (χ0n) is 10.6. The van der Waals surface area contributed by atoms with Crippen LogP contribution < -0.4 is 0 Å². The summed E-state index contributed by atoms with van der Waals surface area (Å²) >= 11 is 1.53. The van der Waals surface area contributed by atoms with Gasteiger partial charge in [0.2, 0.25) is 0 Å². The molecular weight excluding hydrogens is 248 g/mol. The van der Waals surface area contributed by atoms with Crippen molar-refractivity contribution >= 4 is 17.3 Å². The predicted molar refractivity (Wildman–Crippen MR) is 71.5 cm³/mol. The SMILES string of the molecule is COC(=O)C(c1csc(-c2ccc[nH]2)n1)C(C)C. The molecule has 2 aromatic heterocycles. The van der Waals surface area contributed by atoms with Crippen LogP contribution in [0.3, 0.4) is 0 Å². The maximum atomic E-state index is 11.8. The van der Waals surface area contributed by atoms with Gasteiger partial charge in [-0.1, -0.05) is 13.8 Å². The Bertz CT molecular complexity index is 517. The molecule has 1 atom stereocenters. The van der Waals surface area contributed by atoms with Gasteiger partial charge in [0.25, 0.3) is 0 Å². The molecule has 0 aliphatic heterocycles. The van der Waals surface area contributed by atoms with E-state index < -0.39 is 0 Å². The Kier molecular flexibility index (Phi) is 3.81. The van der Waals surface area contributed by atoms with Crippen molar-refractivity contribution in [1.29, 1.82) is 0 Å². The molecule has 18 heavy (non-hydrogen) atoms. The molecule has 0 spiro atoms. The summed E-state index contributed by atoms with van der Waals surface area (Å²) in [5.74, 6) is -0.362. The van der Waals surface area contributed by atoms with Gasteiger partial charge in [0.1, 0.15) is 10.9 Å². The summed E-state index contributed by atoms with van der Waals surface area (Å²) in [5.41, 5.74) is 1.75. The molecule has 5 heteroatoms. The first-order valence-corrected chi connectivity index (χ1v) is 6.68. The molecule has 4 nitrogen and oxygen atoms in total. The molecule has 0 radical (unpaired) electrons.